The predicted molar refractivity (Wildman–Crippen MR) is 167 cm³/mol. The number of hydrogen-bond acceptors (Lipinski definition) is 5. The molecule has 0 aliphatic carbocycles. The van der Waals surface area contributed by atoms with Gasteiger partial charge in [0.2, 0.25) is 0 Å². The molecule has 2 heterocycles. The third-order valence-electron chi connectivity index (χ3n) is 8.07. The summed E-state index contributed by atoms with van der Waals surface area (Å²) in [6.45, 7) is 3.90. The van der Waals surface area contributed by atoms with Crippen molar-refractivity contribution >= 4 is 8.60 Å². The first kappa shape index (κ1) is 28.0. The van der Waals surface area contributed by atoms with Crippen LogP contribution in [0.5, 0.6) is 5.75 Å². The quantitative estimate of drug-likeness (QED) is 0.186. The van der Waals surface area contributed by atoms with E-state index in [1.165, 1.54) is 0 Å². The molecule has 5 nitrogen and oxygen atoms in total. The van der Waals surface area contributed by atoms with Gasteiger partial charge in [-0.2, -0.15) is 0 Å². The van der Waals surface area contributed by atoms with Gasteiger partial charge in [0.25, 0.3) is 0 Å². The topological polar surface area (TPSA) is 46.2 Å². The summed E-state index contributed by atoms with van der Waals surface area (Å²) in [6, 6.07) is 50.5. The lowest BCUT2D eigenvalue weighted by Crippen LogP contribution is -2.53. The summed E-state index contributed by atoms with van der Waals surface area (Å²) in [5.74, 6) is -0.292. The van der Waals surface area contributed by atoms with Crippen molar-refractivity contribution in [2.75, 3.05) is 0 Å². The van der Waals surface area contributed by atoms with Crippen LogP contribution in [0.1, 0.15) is 36.1 Å². The maximum absolute atomic E-state index is 7.30. The molecule has 5 aromatic carbocycles. The lowest BCUT2D eigenvalue weighted by atomic mass is 9.72. The second kappa shape index (κ2) is 11.3. The van der Waals surface area contributed by atoms with E-state index < -0.39 is 37.8 Å². The van der Waals surface area contributed by atoms with Crippen molar-refractivity contribution in [1.82, 2.24) is 0 Å². The summed E-state index contributed by atoms with van der Waals surface area (Å²) < 4.78 is 35.2. The van der Waals surface area contributed by atoms with E-state index in [0.29, 0.717) is 5.75 Å². The highest BCUT2D eigenvalue weighted by molar-refractivity contribution is 7.42. The van der Waals surface area contributed by atoms with Crippen molar-refractivity contribution in [3.05, 3.63) is 174 Å². The van der Waals surface area contributed by atoms with Gasteiger partial charge < -0.3 is 14.0 Å². The molecule has 0 spiro atoms. The van der Waals surface area contributed by atoms with E-state index in [4.69, 9.17) is 23.0 Å². The summed E-state index contributed by atoms with van der Waals surface area (Å²) in [7, 11) is -2.06. The van der Waals surface area contributed by atoms with Crippen LogP contribution >= 0.6 is 8.60 Å². The number of para-hydroxylation sites is 1. The first-order valence-corrected chi connectivity index (χ1v) is 15.6. The molecule has 6 heteroatoms. The lowest BCUT2D eigenvalue weighted by molar-refractivity contribution is -0.175. The van der Waals surface area contributed by atoms with Crippen molar-refractivity contribution in [1.29, 1.82) is 0 Å². The zero-order valence-corrected chi connectivity index (χ0v) is 25.0. The molecule has 0 unspecified atom stereocenters. The van der Waals surface area contributed by atoms with Crippen LogP contribution in [0.15, 0.2) is 152 Å². The van der Waals surface area contributed by atoms with Gasteiger partial charge >= 0.3 is 8.60 Å². The Labute approximate surface area is 254 Å². The summed E-state index contributed by atoms with van der Waals surface area (Å²) in [5, 5.41) is 0. The van der Waals surface area contributed by atoms with Gasteiger partial charge in [-0.1, -0.05) is 140 Å². The van der Waals surface area contributed by atoms with Crippen LogP contribution in [0.4, 0.5) is 0 Å². The van der Waals surface area contributed by atoms with Gasteiger partial charge in [-0.3, -0.25) is 9.05 Å². The largest absolute Gasteiger partial charge is 0.427 e. The molecule has 2 aliphatic rings. The predicted octanol–water partition coefficient (Wildman–Crippen LogP) is 8.75. The van der Waals surface area contributed by atoms with Gasteiger partial charge in [0.05, 0.1) is 0 Å². The zero-order chi connectivity index (χ0) is 29.3. The van der Waals surface area contributed by atoms with E-state index in [0.717, 1.165) is 22.3 Å². The van der Waals surface area contributed by atoms with Crippen molar-refractivity contribution < 1.29 is 23.0 Å². The molecular formula is C37H33O5P. The Bertz CT molecular complexity index is 1450. The molecule has 5 aromatic rings. The highest BCUT2D eigenvalue weighted by atomic mass is 31.2. The first-order chi connectivity index (χ1) is 21.0. The van der Waals surface area contributed by atoms with Crippen LogP contribution in [0.3, 0.4) is 0 Å². The Morgan fingerprint density at radius 2 is 0.767 bits per heavy atom. The molecule has 2 atom stereocenters. The van der Waals surface area contributed by atoms with Crippen molar-refractivity contribution in [3.63, 3.8) is 0 Å². The summed E-state index contributed by atoms with van der Waals surface area (Å²) in [5.41, 5.74) is 1.38. The van der Waals surface area contributed by atoms with E-state index in [2.05, 4.69) is 48.5 Å². The van der Waals surface area contributed by atoms with Crippen molar-refractivity contribution in [2.24, 2.45) is 0 Å². The summed E-state index contributed by atoms with van der Waals surface area (Å²) >= 11 is 0. The molecule has 0 aromatic heterocycles. The molecule has 0 radical (unpaired) electrons. The Morgan fingerprint density at radius 3 is 1.09 bits per heavy atom. The zero-order valence-electron chi connectivity index (χ0n) is 24.1. The van der Waals surface area contributed by atoms with Gasteiger partial charge in [0.15, 0.2) is 17.0 Å². The molecule has 2 aliphatic heterocycles. The fourth-order valence-electron chi connectivity index (χ4n) is 6.26. The average molecular weight is 589 g/mol. The van der Waals surface area contributed by atoms with E-state index in [1.807, 2.05) is 117 Å². The second-order valence-corrected chi connectivity index (χ2v) is 12.2. The number of ether oxygens (including phenoxy) is 2. The van der Waals surface area contributed by atoms with Gasteiger partial charge in [-0.15, -0.1) is 0 Å². The number of rotatable bonds is 6. The Kier molecular flexibility index (Phi) is 7.38. The second-order valence-electron chi connectivity index (χ2n) is 11.2. The first-order valence-electron chi connectivity index (χ1n) is 14.5. The van der Waals surface area contributed by atoms with Crippen molar-refractivity contribution in [3.8, 4) is 5.75 Å². The maximum atomic E-state index is 7.30. The van der Waals surface area contributed by atoms with Crippen LogP contribution in [-0.4, -0.2) is 18.0 Å². The molecule has 0 bridgehead atoms. The molecule has 0 N–H and O–H groups in total. The molecule has 0 saturated carbocycles. The molecule has 43 heavy (non-hydrogen) atoms. The van der Waals surface area contributed by atoms with Crippen LogP contribution in [0.25, 0.3) is 0 Å². The fraction of sp³-hybridized carbons (Fsp3) is 0.189. The van der Waals surface area contributed by atoms with E-state index in [-0.39, 0.29) is 0 Å². The van der Waals surface area contributed by atoms with Crippen LogP contribution in [0, 0.1) is 0 Å². The monoisotopic (exact) mass is 588 g/mol. The highest BCUT2D eigenvalue weighted by Gasteiger charge is 2.67. The Hall–Kier alpha value is -3.83. The SMILES string of the molecule is CC1(C)O[C@@H]2[C@@H](O1)C(c1ccccc1)(c1ccccc1)OP(Oc1ccccc1)OC2(c1ccccc1)c1ccccc1. The minimum atomic E-state index is -2.06. The lowest BCUT2D eigenvalue weighted by Gasteiger charge is -2.41. The van der Waals surface area contributed by atoms with Gasteiger partial charge in [-0.25, -0.2) is 0 Å². The minimum absolute atomic E-state index is 0.639. The Morgan fingerprint density at radius 1 is 0.465 bits per heavy atom. The fourth-order valence-corrected chi connectivity index (χ4v) is 7.77. The van der Waals surface area contributed by atoms with Crippen LogP contribution in [0.2, 0.25) is 0 Å². The minimum Gasteiger partial charge on any atom is -0.427 e. The van der Waals surface area contributed by atoms with E-state index in [9.17, 15) is 0 Å². The number of hydrogen-bond donors (Lipinski definition) is 0. The van der Waals surface area contributed by atoms with Gasteiger partial charge in [0.1, 0.15) is 18.0 Å². The standard InChI is InChI=1S/C37H33O5P/c1-35(2)38-33-34(39-35)37(30-22-12-5-13-23-30,31-24-14-6-15-25-31)42-43(40-32-26-16-7-17-27-32)41-36(33,28-18-8-3-9-19-28)29-20-10-4-11-21-29/h3-27,33-34H,1-2H3/t33-,34-/m1/s1. The molecule has 216 valence electrons. The average Bonchev–Trinajstić information content (AvgIpc) is 3.34. The third kappa shape index (κ3) is 4.98. The van der Waals surface area contributed by atoms with E-state index in [1.54, 1.807) is 0 Å². The maximum Gasteiger partial charge on any atom is 0.399 e. The molecular weight excluding hydrogens is 555 g/mol. The smallest absolute Gasteiger partial charge is 0.399 e. The normalized spacial score (nSPS) is 22.3. The third-order valence-corrected chi connectivity index (χ3v) is 9.30. The molecule has 0 amide bonds. The van der Waals surface area contributed by atoms with Gasteiger partial charge in [-0.05, 0) is 48.2 Å². The molecule has 7 rings (SSSR count). The van der Waals surface area contributed by atoms with Crippen LogP contribution < -0.4 is 4.52 Å². The summed E-state index contributed by atoms with van der Waals surface area (Å²) in [4.78, 5) is 0. The molecule has 2 saturated heterocycles. The van der Waals surface area contributed by atoms with Crippen LogP contribution in [-0.2, 0) is 29.7 Å². The Balaban J connectivity index is 1.55. The van der Waals surface area contributed by atoms with E-state index >= 15 is 0 Å². The van der Waals surface area contributed by atoms with Crippen molar-refractivity contribution in [2.45, 2.75) is 43.0 Å². The number of benzene rings is 5. The number of fused-ring (bicyclic) bond motifs is 1. The summed E-state index contributed by atoms with van der Waals surface area (Å²) in [6.07, 6.45) is -1.28. The highest BCUT2D eigenvalue weighted by Crippen LogP contribution is 2.64. The van der Waals surface area contributed by atoms with Gasteiger partial charge in [0, 0.05) is 0 Å². The molecule has 2 fully saturated rings.